The van der Waals surface area contributed by atoms with Crippen LogP contribution in [0.1, 0.15) is 69.3 Å². The second-order valence-electron chi connectivity index (χ2n) is 17.7. The molecule has 308 valence electrons. The number of amides is 3. The number of anilines is 1. The molecule has 3 amide bonds. The Bertz CT molecular complexity index is 1740. The molecule has 2 aromatic rings. The number of nitrogens with one attached hydrogen (secondary N) is 2. The fourth-order valence-corrected chi connectivity index (χ4v) is 9.94. The average molecular weight is 777 g/mol. The third kappa shape index (κ3) is 8.29. The number of hydrogen-bond acceptors (Lipinski definition) is 10. The van der Waals surface area contributed by atoms with E-state index in [1.54, 1.807) is 19.1 Å². The number of benzene rings is 2. The maximum atomic E-state index is 14.3. The first-order chi connectivity index (χ1) is 26.5. The Morgan fingerprint density at radius 3 is 2.38 bits per heavy atom. The van der Waals surface area contributed by atoms with E-state index in [0.717, 1.165) is 41.6 Å². The molecular weight excluding hydrogens is 713 g/mol. The number of carbonyl (C=O) groups is 3. The quantitative estimate of drug-likeness (QED) is 0.225. The molecule has 2 saturated heterocycles. The molecule has 5 fully saturated rings. The second kappa shape index (κ2) is 17.0. The Morgan fingerprint density at radius 1 is 1.07 bits per heavy atom. The summed E-state index contributed by atoms with van der Waals surface area (Å²) in [5, 5.41) is 29.3. The lowest BCUT2D eigenvalue weighted by atomic mass is 9.45. The molecule has 1 unspecified atom stereocenters. The fraction of sp³-hybridized carbons (Fsp3) is 0.651. The zero-order valence-corrected chi connectivity index (χ0v) is 34.7. The number of likely N-dealkylation sites (N-methyl/N-ethyl adjacent to an activating group) is 1. The lowest BCUT2D eigenvalue weighted by Gasteiger charge is -2.62. The maximum Gasteiger partial charge on any atom is 0.252 e. The van der Waals surface area contributed by atoms with Crippen LogP contribution in [0.2, 0.25) is 0 Å². The summed E-state index contributed by atoms with van der Waals surface area (Å²) in [7, 11) is 9.17. The van der Waals surface area contributed by atoms with Crippen molar-refractivity contribution in [2.45, 2.75) is 90.3 Å². The lowest BCUT2D eigenvalue weighted by Crippen LogP contribution is -2.62. The SMILES string of the molecule is COc1c(CN2O[C@@H](CO)[C@@H]([C@H](C)O)[C@H]2C(=O)N[C@H]2C[C@H]3C[C@@H]([C@@H]2C)C3(C)C)cccc1-c1cc(C(=O)NC(CN(C)C)C(=O)N2CCCC2)cc(N(C)C)c1. The third-order valence-electron chi connectivity index (χ3n) is 13.3. The number of rotatable bonds is 14. The van der Waals surface area contributed by atoms with Gasteiger partial charge < -0.3 is 40.3 Å². The van der Waals surface area contributed by atoms with E-state index in [1.165, 1.54) is 6.42 Å². The highest BCUT2D eigenvalue weighted by Gasteiger charge is 2.57. The fourth-order valence-electron chi connectivity index (χ4n) is 9.94. The highest BCUT2D eigenvalue weighted by molar-refractivity contribution is 6.00. The molecule has 7 rings (SSSR count). The van der Waals surface area contributed by atoms with Crippen molar-refractivity contribution in [3.8, 4) is 16.9 Å². The minimum Gasteiger partial charge on any atom is -0.496 e. The Hall–Kier alpha value is -3.75. The minimum absolute atomic E-state index is 0.0219. The van der Waals surface area contributed by atoms with Crippen molar-refractivity contribution < 1.29 is 34.2 Å². The number of fused-ring (bicyclic) bond motifs is 2. The van der Waals surface area contributed by atoms with Gasteiger partial charge in [0.2, 0.25) is 11.8 Å². The average Bonchev–Trinajstić information content (AvgIpc) is 3.83. The van der Waals surface area contributed by atoms with E-state index >= 15 is 0 Å². The molecule has 2 aliphatic heterocycles. The molecule has 56 heavy (non-hydrogen) atoms. The van der Waals surface area contributed by atoms with Gasteiger partial charge in [0.15, 0.2) is 0 Å². The van der Waals surface area contributed by atoms with E-state index in [2.05, 4.69) is 31.4 Å². The van der Waals surface area contributed by atoms with Gasteiger partial charge >= 0.3 is 0 Å². The van der Waals surface area contributed by atoms with E-state index in [4.69, 9.17) is 9.57 Å². The number of aliphatic hydroxyl groups is 2. The van der Waals surface area contributed by atoms with Gasteiger partial charge in [-0.25, -0.2) is 0 Å². The van der Waals surface area contributed by atoms with E-state index < -0.39 is 30.2 Å². The van der Waals surface area contributed by atoms with Gasteiger partial charge in [-0.2, -0.15) is 5.06 Å². The van der Waals surface area contributed by atoms with Crippen LogP contribution in [0.15, 0.2) is 36.4 Å². The number of para-hydroxylation sites is 1. The van der Waals surface area contributed by atoms with Gasteiger partial charge in [-0.1, -0.05) is 39.0 Å². The predicted octanol–water partition coefficient (Wildman–Crippen LogP) is 3.37. The summed E-state index contributed by atoms with van der Waals surface area (Å²) in [4.78, 5) is 53.7. The number of carbonyl (C=O) groups excluding carboxylic acids is 3. The zero-order valence-electron chi connectivity index (χ0n) is 34.7. The Balaban J connectivity index is 1.28. The molecule has 0 radical (unpaired) electrons. The van der Waals surface area contributed by atoms with Crippen molar-refractivity contribution >= 4 is 23.4 Å². The van der Waals surface area contributed by atoms with Gasteiger partial charge in [0.1, 0.15) is 23.9 Å². The molecule has 2 heterocycles. The summed E-state index contributed by atoms with van der Waals surface area (Å²) in [5.74, 6) is 0.653. The van der Waals surface area contributed by atoms with Crippen molar-refractivity contribution in [3.05, 3.63) is 47.5 Å². The van der Waals surface area contributed by atoms with Crippen LogP contribution in [0.5, 0.6) is 5.75 Å². The normalized spacial score (nSPS) is 28.1. The van der Waals surface area contributed by atoms with Crippen LogP contribution in [0.25, 0.3) is 11.1 Å². The van der Waals surface area contributed by atoms with Crippen LogP contribution in [-0.2, 0) is 21.0 Å². The smallest absolute Gasteiger partial charge is 0.252 e. The van der Waals surface area contributed by atoms with E-state index in [0.29, 0.717) is 48.7 Å². The van der Waals surface area contributed by atoms with Gasteiger partial charge in [0, 0.05) is 68.1 Å². The highest BCUT2D eigenvalue weighted by atomic mass is 16.7. The molecule has 9 atom stereocenters. The predicted molar refractivity (Wildman–Crippen MR) is 216 cm³/mol. The van der Waals surface area contributed by atoms with E-state index in [9.17, 15) is 24.6 Å². The Morgan fingerprint density at radius 2 is 1.79 bits per heavy atom. The molecule has 5 aliphatic rings. The van der Waals surface area contributed by atoms with E-state index in [-0.39, 0.29) is 42.3 Å². The minimum atomic E-state index is -0.918. The highest BCUT2D eigenvalue weighted by Crippen LogP contribution is 2.61. The zero-order chi connectivity index (χ0) is 40.6. The van der Waals surface area contributed by atoms with Crippen LogP contribution in [0.3, 0.4) is 0 Å². The van der Waals surface area contributed by atoms with Gasteiger partial charge in [-0.15, -0.1) is 0 Å². The first-order valence-corrected chi connectivity index (χ1v) is 20.3. The molecule has 0 aromatic heterocycles. The second-order valence-corrected chi connectivity index (χ2v) is 17.7. The summed E-state index contributed by atoms with van der Waals surface area (Å²) in [6.45, 7) is 10.1. The standard InChI is InChI=1S/C43H64N6O7/c1-25-33-20-30(43(33,3)4)21-34(25)44-41(53)38-37(26(2)51)36(24-50)56-49(38)22-27-13-12-14-32(39(27)55-9)28-17-29(19-31(18-28)47(7)8)40(52)45-35(23-46(5)6)42(54)48-15-10-11-16-48/h12-14,17-19,25-26,30,33-38,50-51H,10-11,15-16,20-24H2,1-9H3,(H,44,53)(H,45,52)/t25-,26-,30+,33-,34-,35?,36-,37+,38-/m0/s1. The van der Waals surface area contributed by atoms with Crippen molar-refractivity contribution in [3.63, 3.8) is 0 Å². The molecule has 13 nitrogen and oxygen atoms in total. The number of ether oxygens (including phenoxy) is 1. The van der Waals surface area contributed by atoms with Crippen LogP contribution in [-0.4, -0.2) is 135 Å². The summed E-state index contributed by atoms with van der Waals surface area (Å²) in [6, 6.07) is 9.80. The van der Waals surface area contributed by atoms with Gasteiger partial charge in [-0.3, -0.25) is 19.2 Å². The van der Waals surface area contributed by atoms with Crippen LogP contribution < -0.4 is 20.3 Å². The number of hydrogen-bond donors (Lipinski definition) is 4. The Kier molecular flexibility index (Phi) is 12.7. The molecule has 4 N–H and O–H groups in total. The lowest BCUT2D eigenvalue weighted by molar-refractivity contribution is -0.183. The first-order valence-electron chi connectivity index (χ1n) is 20.3. The van der Waals surface area contributed by atoms with Gasteiger partial charge in [-0.05, 0) is 93.6 Å². The summed E-state index contributed by atoms with van der Waals surface area (Å²) in [5.41, 5.74) is 3.65. The first kappa shape index (κ1) is 41.9. The number of methoxy groups -OCH3 is 1. The molecule has 2 aromatic carbocycles. The van der Waals surface area contributed by atoms with E-state index in [1.807, 2.05) is 79.3 Å². The van der Waals surface area contributed by atoms with Crippen molar-refractivity contribution in [2.75, 3.05) is 66.4 Å². The van der Waals surface area contributed by atoms with Gasteiger partial charge in [0.05, 0.1) is 26.4 Å². The van der Waals surface area contributed by atoms with Crippen LogP contribution in [0, 0.1) is 29.1 Å². The van der Waals surface area contributed by atoms with Crippen LogP contribution in [0.4, 0.5) is 5.69 Å². The number of aliphatic hydroxyl groups excluding tert-OH is 2. The molecule has 2 bridgehead atoms. The summed E-state index contributed by atoms with van der Waals surface area (Å²) >= 11 is 0. The van der Waals surface area contributed by atoms with Crippen LogP contribution >= 0.6 is 0 Å². The summed E-state index contributed by atoms with van der Waals surface area (Å²) < 4.78 is 6.08. The van der Waals surface area contributed by atoms with Crippen molar-refractivity contribution in [1.82, 2.24) is 25.5 Å². The van der Waals surface area contributed by atoms with Crippen molar-refractivity contribution in [2.24, 2.45) is 29.1 Å². The van der Waals surface area contributed by atoms with Gasteiger partial charge in [0.25, 0.3) is 5.91 Å². The largest absolute Gasteiger partial charge is 0.496 e. The topological polar surface area (TPSA) is 147 Å². The Labute approximate surface area is 332 Å². The number of likely N-dealkylation sites (tertiary alicyclic amines) is 1. The number of nitrogens with zero attached hydrogens (tertiary/aromatic N) is 4. The molecule has 0 spiro atoms. The maximum absolute atomic E-state index is 14.3. The molecule has 3 saturated carbocycles. The molecule has 3 aliphatic carbocycles. The monoisotopic (exact) mass is 776 g/mol. The molecule has 13 heteroatoms. The number of hydroxylamine groups is 2. The summed E-state index contributed by atoms with van der Waals surface area (Å²) in [6.07, 6.45) is 2.34. The van der Waals surface area contributed by atoms with Crippen molar-refractivity contribution in [1.29, 1.82) is 0 Å². The third-order valence-corrected chi connectivity index (χ3v) is 13.3. The molecular formula is C43H64N6O7.